The van der Waals surface area contributed by atoms with E-state index in [1.165, 1.54) is 10.4 Å². The van der Waals surface area contributed by atoms with E-state index in [9.17, 15) is 13.2 Å². The number of sulfonamides is 1. The third-order valence-electron chi connectivity index (χ3n) is 6.00. The highest BCUT2D eigenvalue weighted by Gasteiger charge is 2.39. The summed E-state index contributed by atoms with van der Waals surface area (Å²) in [5.41, 5.74) is 2.09. The van der Waals surface area contributed by atoms with Crippen LogP contribution in [0.2, 0.25) is 5.02 Å². The lowest BCUT2D eigenvalue weighted by Crippen LogP contribution is -2.48. The van der Waals surface area contributed by atoms with Gasteiger partial charge in [0.1, 0.15) is 10.6 Å². The Morgan fingerprint density at radius 1 is 1.23 bits per heavy atom. The van der Waals surface area contributed by atoms with Gasteiger partial charge in [0.05, 0.1) is 12.5 Å². The molecule has 0 aliphatic carbocycles. The molecule has 1 saturated heterocycles. The summed E-state index contributed by atoms with van der Waals surface area (Å²) in [5, 5.41) is 0.328. The van der Waals surface area contributed by atoms with Gasteiger partial charge in [0.2, 0.25) is 15.9 Å². The van der Waals surface area contributed by atoms with Crippen LogP contribution in [0.25, 0.3) is 0 Å². The highest BCUT2D eigenvalue weighted by molar-refractivity contribution is 7.89. The molecule has 2 aromatic rings. The fraction of sp³-hybridized carbons (Fsp3) is 0.435. The van der Waals surface area contributed by atoms with Crippen molar-refractivity contribution in [3.63, 3.8) is 0 Å². The number of hydrogen-bond acceptors (Lipinski definition) is 4. The van der Waals surface area contributed by atoms with E-state index in [0.29, 0.717) is 31.0 Å². The molecule has 2 atom stereocenters. The number of para-hydroxylation sites is 1. The zero-order chi connectivity index (χ0) is 22.2. The van der Waals surface area contributed by atoms with Gasteiger partial charge in [-0.2, -0.15) is 4.31 Å². The summed E-state index contributed by atoms with van der Waals surface area (Å²) in [6.07, 6.45) is 2.12. The maximum absolute atomic E-state index is 13.5. The molecular weight excluding hydrogens is 436 g/mol. The van der Waals surface area contributed by atoms with Gasteiger partial charge >= 0.3 is 0 Å². The van der Waals surface area contributed by atoms with Crippen LogP contribution in [0.5, 0.6) is 5.75 Å². The first kappa shape index (κ1) is 22.1. The third-order valence-corrected chi connectivity index (χ3v) is 8.12. The molecular formula is C23H27ClN2O4S. The van der Waals surface area contributed by atoms with Gasteiger partial charge in [0.15, 0.2) is 0 Å². The molecule has 6 nitrogen and oxygen atoms in total. The van der Waals surface area contributed by atoms with Gasteiger partial charge in [-0.3, -0.25) is 4.79 Å². The van der Waals surface area contributed by atoms with Gasteiger partial charge in [-0.1, -0.05) is 29.8 Å². The number of hydrogen-bond donors (Lipinski definition) is 0. The number of rotatable bonds is 5. The van der Waals surface area contributed by atoms with E-state index in [2.05, 4.69) is 0 Å². The van der Waals surface area contributed by atoms with Crippen molar-refractivity contribution in [2.24, 2.45) is 5.92 Å². The standard InChI is InChI=1S/C23H27ClN2O4S/c1-3-30-21-11-10-19(24)14-22(21)31(28,29)25-12-6-8-18(15-25)23(27)26-16(2)13-17-7-4-5-9-20(17)26/h4-5,7,9-11,14,16,18H,3,6,8,12-13,15H2,1-2H3/t16-,18+/m1/s1. The van der Waals surface area contributed by atoms with E-state index in [1.807, 2.05) is 36.1 Å². The number of carbonyl (C=O) groups excluding carboxylic acids is 1. The number of carbonyl (C=O) groups is 1. The van der Waals surface area contributed by atoms with Gasteiger partial charge in [-0.05, 0) is 62.9 Å². The smallest absolute Gasteiger partial charge is 0.246 e. The zero-order valence-electron chi connectivity index (χ0n) is 17.8. The summed E-state index contributed by atoms with van der Waals surface area (Å²) in [4.78, 5) is 15.4. The topological polar surface area (TPSA) is 66.9 Å². The summed E-state index contributed by atoms with van der Waals surface area (Å²) in [5.74, 6) is -0.109. The molecule has 2 aromatic carbocycles. The van der Waals surface area contributed by atoms with E-state index in [1.54, 1.807) is 19.1 Å². The molecule has 1 fully saturated rings. The van der Waals surface area contributed by atoms with Gasteiger partial charge in [-0.25, -0.2) is 8.42 Å². The fourth-order valence-corrected chi connectivity index (χ4v) is 6.48. The zero-order valence-corrected chi connectivity index (χ0v) is 19.3. The Balaban J connectivity index is 1.59. The number of ether oxygens (including phenoxy) is 1. The van der Waals surface area contributed by atoms with E-state index >= 15 is 0 Å². The first-order valence-corrected chi connectivity index (χ1v) is 12.5. The second-order valence-corrected chi connectivity index (χ2v) is 10.5. The maximum atomic E-state index is 13.5. The van der Waals surface area contributed by atoms with E-state index in [0.717, 1.165) is 17.7 Å². The van der Waals surface area contributed by atoms with Gasteiger partial charge < -0.3 is 9.64 Å². The lowest BCUT2D eigenvalue weighted by atomic mass is 9.97. The van der Waals surface area contributed by atoms with Crippen LogP contribution in [-0.4, -0.2) is 44.4 Å². The van der Waals surface area contributed by atoms with Gasteiger partial charge in [-0.15, -0.1) is 0 Å². The Labute approximate surface area is 188 Å². The van der Waals surface area contributed by atoms with Crippen LogP contribution in [0.1, 0.15) is 32.3 Å². The van der Waals surface area contributed by atoms with Crippen LogP contribution in [-0.2, 0) is 21.2 Å². The number of nitrogens with zero attached hydrogens (tertiary/aromatic N) is 2. The van der Waals surface area contributed by atoms with Crippen molar-refractivity contribution in [1.29, 1.82) is 0 Å². The largest absolute Gasteiger partial charge is 0.492 e. The molecule has 0 unspecified atom stereocenters. The summed E-state index contributed by atoms with van der Waals surface area (Å²) < 4.78 is 33.8. The lowest BCUT2D eigenvalue weighted by molar-refractivity contribution is -0.123. The Hall–Kier alpha value is -2.09. The fourth-order valence-electron chi connectivity index (χ4n) is 4.56. The molecule has 2 aliphatic heterocycles. The Bertz CT molecular complexity index is 1090. The molecule has 0 spiro atoms. The second kappa shape index (κ2) is 8.81. The summed E-state index contributed by atoms with van der Waals surface area (Å²) >= 11 is 6.09. The molecule has 2 aliphatic rings. The van der Waals surface area contributed by atoms with Crippen LogP contribution >= 0.6 is 11.6 Å². The predicted octanol–water partition coefficient (Wildman–Crippen LogP) is 4.12. The van der Waals surface area contributed by atoms with Crippen molar-refractivity contribution >= 4 is 33.2 Å². The number of amides is 1. The van der Waals surface area contributed by atoms with Crippen LogP contribution < -0.4 is 9.64 Å². The lowest BCUT2D eigenvalue weighted by Gasteiger charge is -2.34. The number of halogens is 1. The average Bonchev–Trinajstić information content (AvgIpc) is 3.10. The molecule has 0 aromatic heterocycles. The van der Waals surface area contributed by atoms with Crippen molar-refractivity contribution in [2.75, 3.05) is 24.6 Å². The van der Waals surface area contributed by atoms with E-state index in [-0.39, 0.29) is 35.1 Å². The van der Waals surface area contributed by atoms with Gasteiger partial charge in [0.25, 0.3) is 0 Å². The molecule has 166 valence electrons. The minimum absolute atomic E-state index is 0.00604. The normalized spacial score (nSPS) is 21.7. The molecule has 0 N–H and O–H groups in total. The Morgan fingerprint density at radius 2 is 2.00 bits per heavy atom. The molecule has 0 saturated carbocycles. The maximum Gasteiger partial charge on any atom is 0.246 e. The molecule has 2 heterocycles. The average molecular weight is 463 g/mol. The first-order valence-electron chi connectivity index (χ1n) is 10.7. The van der Waals surface area contributed by atoms with E-state index in [4.69, 9.17) is 16.3 Å². The minimum Gasteiger partial charge on any atom is -0.492 e. The predicted molar refractivity (Wildman–Crippen MR) is 121 cm³/mol. The van der Waals surface area contributed by atoms with Crippen LogP contribution in [0.15, 0.2) is 47.4 Å². The number of anilines is 1. The Kier molecular flexibility index (Phi) is 6.28. The van der Waals surface area contributed by atoms with Gasteiger partial charge in [0, 0.05) is 29.8 Å². The molecule has 0 radical (unpaired) electrons. The van der Waals surface area contributed by atoms with Crippen LogP contribution in [0.4, 0.5) is 5.69 Å². The van der Waals surface area contributed by atoms with Crippen molar-refractivity contribution in [3.05, 3.63) is 53.1 Å². The molecule has 1 amide bonds. The molecule has 4 rings (SSSR count). The number of piperidine rings is 1. The third kappa shape index (κ3) is 4.19. The monoisotopic (exact) mass is 462 g/mol. The molecule has 8 heteroatoms. The Morgan fingerprint density at radius 3 is 2.77 bits per heavy atom. The minimum atomic E-state index is -3.85. The van der Waals surface area contributed by atoms with Crippen LogP contribution in [0.3, 0.4) is 0 Å². The summed E-state index contributed by atoms with van der Waals surface area (Å²) in [6, 6.07) is 12.6. The SMILES string of the molecule is CCOc1ccc(Cl)cc1S(=O)(=O)N1CCC[C@H](C(=O)N2c3ccccc3C[C@H]2C)C1. The summed E-state index contributed by atoms with van der Waals surface area (Å²) in [6.45, 7) is 4.71. The summed E-state index contributed by atoms with van der Waals surface area (Å²) in [7, 11) is -3.85. The molecule has 31 heavy (non-hydrogen) atoms. The first-order chi connectivity index (χ1) is 14.8. The number of fused-ring (bicyclic) bond motifs is 1. The number of benzene rings is 2. The highest BCUT2D eigenvalue weighted by atomic mass is 35.5. The second-order valence-electron chi connectivity index (χ2n) is 8.12. The quantitative estimate of drug-likeness (QED) is 0.670. The van der Waals surface area contributed by atoms with Crippen molar-refractivity contribution in [1.82, 2.24) is 4.31 Å². The molecule has 0 bridgehead atoms. The van der Waals surface area contributed by atoms with E-state index < -0.39 is 10.0 Å². The van der Waals surface area contributed by atoms with Crippen molar-refractivity contribution in [2.45, 2.75) is 44.0 Å². The highest BCUT2D eigenvalue weighted by Crippen LogP contribution is 2.36. The van der Waals surface area contributed by atoms with Crippen molar-refractivity contribution < 1.29 is 17.9 Å². The van der Waals surface area contributed by atoms with Crippen molar-refractivity contribution in [3.8, 4) is 5.75 Å². The van der Waals surface area contributed by atoms with Crippen LogP contribution in [0, 0.1) is 5.92 Å².